The van der Waals surface area contributed by atoms with E-state index in [9.17, 15) is 4.79 Å². The molecule has 17 heavy (non-hydrogen) atoms. The Morgan fingerprint density at radius 2 is 2.12 bits per heavy atom. The number of benzene rings is 1. The minimum atomic E-state index is -1.05. The molecule has 1 aromatic carbocycles. The van der Waals surface area contributed by atoms with Gasteiger partial charge in [-0.15, -0.1) is 5.10 Å². The van der Waals surface area contributed by atoms with Gasteiger partial charge in [-0.3, -0.25) is 4.68 Å². The molecule has 1 N–H and O–H groups in total. The summed E-state index contributed by atoms with van der Waals surface area (Å²) in [6.07, 6.45) is 1.45. The number of carbonyl (C=O) groups is 1. The van der Waals surface area contributed by atoms with Crippen LogP contribution in [-0.2, 0) is 6.54 Å². The molecule has 0 aliphatic heterocycles. The van der Waals surface area contributed by atoms with E-state index in [1.165, 1.54) is 11.8 Å². The average molecular weight is 231 g/mol. The van der Waals surface area contributed by atoms with Gasteiger partial charge in [0.05, 0.1) is 6.20 Å². The topological polar surface area (TPSA) is 68.0 Å². The van der Waals surface area contributed by atoms with E-state index in [-0.39, 0.29) is 11.6 Å². The monoisotopic (exact) mass is 231 g/mol. The minimum Gasteiger partial charge on any atom is -0.476 e. The highest BCUT2D eigenvalue weighted by Crippen LogP contribution is 2.16. The van der Waals surface area contributed by atoms with Gasteiger partial charge in [0.15, 0.2) is 5.69 Å². The molecule has 1 atom stereocenters. The number of nitrogens with zero attached hydrogens (tertiary/aromatic N) is 3. The third kappa shape index (κ3) is 2.69. The number of rotatable bonds is 4. The highest BCUT2D eigenvalue weighted by molar-refractivity contribution is 5.84. The highest BCUT2D eigenvalue weighted by Gasteiger charge is 2.11. The summed E-state index contributed by atoms with van der Waals surface area (Å²) in [5, 5.41) is 16.1. The standard InChI is InChI=1S/C12H13N3O2/c1-9(10-5-3-2-4-6-10)7-15-8-11(12(16)17)13-14-15/h2-6,8-9H,7H2,1H3,(H,16,17)/t9-/m0/s1. The summed E-state index contributed by atoms with van der Waals surface area (Å²) in [5.74, 6) is -0.789. The van der Waals surface area contributed by atoms with Gasteiger partial charge < -0.3 is 5.11 Å². The molecule has 0 saturated heterocycles. The van der Waals surface area contributed by atoms with Gasteiger partial charge in [-0.05, 0) is 5.56 Å². The lowest BCUT2D eigenvalue weighted by molar-refractivity contribution is 0.0690. The second-order valence-electron chi connectivity index (χ2n) is 3.94. The lowest BCUT2D eigenvalue weighted by atomic mass is 10.0. The van der Waals surface area contributed by atoms with Crippen molar-refractivity contribution < 1.29 is 9.90 Å². The van der Waals surface area contributed by atoms with Crippen LogP contribution >= 0.6 is 0 Å². The van der Waals surface area contributed by atoms with E-state index in [4.69, 9.17) is 5.11 Å². The lowest BCUT2D eigenvalue weighted by Crippen LogP contribution is -2.07. The quantitative estimate of drug-likeness (QED) is 0.870. The molecular weight excluding hydrogens is 218 g/mol. The van der Waals surface area contributed by atoms with Crippen LogP contribution in [0.1, 0.15) is 28.9 Å². The zero-order valence-corrected chi connectivity index (χ0v) is 9.45. The van der Waals surface area contributed by atoms with E-state index in [1.54, 1.807) is 4.68 Å². The van der Waals surface area contributed by atoms with E-state index in [1.807, 2.05) is 30.3 Å². The molecule has 88 valence electrons. The Morgan fingerprint density at radius 1 is 1.41 bits per heavy atom. The minimum absolute atomic E-state index is 0.0229. The number of carboxylic acid groups (broad SMARTS) is 1. The third-order valence-electron chi connectivity index (χ3n) is 2.59. The molecular formula is C12H13N3O2. The molecule has 5 heteroatoms. The van der Waals surface area contributed by atoms with Gasteiger partial charge in [-0.1, -0.05) is 42.5 Å². The van der Waals surface area contributed by atoms with Gasteiger partial charge in [0.2, 0.25) is 0 Å². The molecule has 0 saturated carbocycles. The molecule has 2 aromatic rings. The van der Waals surface area contributed by atoms with Crippen molar-refractivity contribution in [3.8, 4) is 0 Å². The van der Waals surface area contributed by atoms with E-state index < -0.39 is 5.97 Å². The smallest absolute Gasteiger partial charge is 0.358 e. The number of hydrogen-bond acceptors (Lipinski definition) is 3. The van der Waals surface area contributed by atoms with Gasteiger partial charge in [-0.25, -0.2) is 4.79 Å². The van der Waals surface area contributed by atoms with Gasteiger partial charge in [0.25, 0.3) is 0 Å². The summed E-state index contributed by atoms with van der Waals surface area (Å²) in [5.41, 5.74) is 1.17. The molecule has 0 amide bonds. The van der Waals surface area contributed by atoms with Crippen LogP contribution < -0.4 is 0 Å². The largest absolute Gasteiger partial charge is 0.476 e. The second kappa shape index (κ2) is 4.78. The maximum absolute atomic E-state index is 10.7. The average Bonchev–Trinajstić information content (AvgIpc) is 2.79. The Labute approximate surface area is 98.7 Å². The van der Waals surface area contributed by atoms with Gasteiger partial charge in [0.1, 0.15) is 0 Å². The first-order valence-corrected chi connectivity index (χ1v) is 5.35. The van der Waals surface area contributed by atoms with Crippen molar-refractivity contribution >= 4 is 5.97 Å². The maximum Gasteiger partial charge on any atom is 0.358 e. The predicted molar refractivity (Wildman–Crippen MR) is 61.8 cm³/mol. The Hall–Kier alpha value is -2.17. The fourth-order valence-electron chi connectivity index (χ4n) is 1.65. The molecule has 1 aromatic heterocycles. The first kappa shape index (κ1) is 11.3. The molecule has 0 aliphatic rings. The Kier molecular flexibility index (Phi) is 3.18. The summed E-state index contributed by atoms with van der Waals surface area (Å²) in [7, 11) is 0. The SMILES string of the molecule is C[C@@H](Cn1cc(C(=O)O)nn1)c1ccccc1. The molecule has 0 fully saturated rings. The van der Waals surface area contributed by atoms with Gasteiger partial charge >= 0.3 is 5.97 Å². The van der Waals surface area contributed by atoms with E-state index in [0.29, 0.717) is 6.54 Å². The van der Waals surface area contributed by atoms with Crippen LogP contribution in [0.2, 0.25) is 0 Å². The van der Waals surface area contributed by atoms with Crippen LogP contribution in [0.5, 0.6) is 0 Å². The molecule has 0 unspecified atom stereocenters. The Balaban J connectivity index is 2.08. The Morgan fingerprint density at radius 3 is 2.71 bits per heavy atom. The summed E-state index contributed by atoms with van der Waals surface area (Å²) >= 11 is 0. The van der Waals surface area contributed by atoms with Gasteiger partial charge in [-0.2, -0.15) is 0 Å². The zero-order valence-electron chi connectivity index (χ0n) is 9.45. The van der Waals surface area contributed by atoms with Crippen molar-refractivity contribution in [2.75, 3.05) is 0 Å². The molecule has 0 radical (unpaired) electrons. The maximum atomic E-state index is 10.7. The zero-order chi connectivity index (χ0) is 12.3. The lowest BCUT2D eigenvalue weighted by Gasteiger charge is -2.10. The number of aromatic nitrogens is 3. The van der Waals surface area contributed by atoms with E-state index in [2.05, 4.69) is 17.2 Å². The van der Waals surface area contributed by atoms with E-state index in [0.717, 1.165) is 0 Å². The predicted octanol–water partition coefficient (Wildman–Crippen LogP) is 1.78. The first-order valence-electron chi connectivity index (χ1n) is 5.35. The van der Waals surface area contributed by atoms with Crippen molar-refractivity contribution in [3.63, 3.8) is 0 Å². The van der Waals surface area contributed by atoms with Crippen molar-refractivity contribution in [1.82, 2.24) is 15.0 Å². The van der Waals surface area contributed by atoms with Gasteiger partial charge in [0, 0.05) is 12.5 Å². The fourth-order valence-corrected chi connectivity index (χ4v) is 1.65. The van der Waals surface area contributed by atoms with Crippen molar-refractivity contribution in [3.05, 3.63) is 47.8 Å². The highest BCUT2D eigenvalue weighted by atomic mass is 16.4. The van der Waals surface area contributed by atoms with Crippen LogP contribution in [0.4, 0.5) is 0 Å². The third-order valence-corrected chi connectivity index (χ3v) is 2.59. The summed E-state index contributed by atoms with van der Waals surface area (Å²) in [6.45, 7) is 2.68. The van der Waals surface area contributed by atoms with Crippen LogP contribution in [0.15, 0.2) is 36.5 Å². The van der Waals surface area contributed by atoms with E-state index >= 15 is 0 Å². The normalized spacial score (nSPS) is 12.3. The summed E-state index contributed by atoms with van der Waals surface area (Å²) < 4.78 is 1.56. The van der Waals surface area contributed by atoms with Crippen molar-refractivity contribution in [2.24, 2.45) is 0 Å². The second-order valence-corrected chi connectivity index (χ2v) is 3.94. The van der Waals surface area contributed by atoms with Crippen molar-refractivity contribution in [2.45, 2.75) is 19.4 Å². The number of aromatic carboxylic acids is 1. The van der Waals surface area contributed by atoms with Crippen molar-refractivity contribution in [1.29, 1.82) is 0 Å². The molecule has 5 nitrogen and oxygen atoms in total. The molecule has 0 aliphatic carbocycles. The summed E-state index contributed by atoms with van der Waals surface area (Å²) in [4.78, 5) is 10.7. The van der Waals surface area contributed by atoms with Crippen LogP contribution in [-0.4, -0.2) is 26.1 Å². The Bertz CT molecular complexity index is 507. The molecule has 0 bridgehead atoms. The number of carboxylic acids is 1. The molecule has 2 rings (SSSR count). The summed E-state index contributed by atoms with van der Waals surface area (Å²) in [6, 6.07) is 10.0. The van der Waals surface area contributed by atoms with Crippen LogP contribution in [0, 0.1) is 0 Å². The first-order chi connectivity index (χ1) is 8.16. The fraction of sp³-hybridized carbons (Fsp3) is 0.250. The number of hydrogen-bond donors (Lipinski definition) is 1. The van der Waals surface area contributed by atoms with Crippen LogP contribution in [0.3, 0.4) is 0 Å². The van der Waals surface area contributed by atoms with Crippen LogP contribution in [0.25, 0.3) is 0 Å². The molecule has 0 spiro atoms. The molecule has 1 heterocycles.